The zero-order valence-corrected chi connectivity index (χ0v) is 9.18. The van der Waals surface area contributed by atoms with Gasteiger partial charge in [0.2, 0.25) is 0 Å². The topological polar surface area (TPSA) is 105 Å². The molecule has 0 bridgehead atoms. The van der Waals surface area contributed by atoms with Crippen molar-refractivity contribution >= 4 is 27.0 Å². The lowest BCUT2D eigenvalue weighted by molar-refractivity contribution is 0.0698. The summed E-state index contributed by atoms with van der Waals surface area (Å²) < 4.78 is 30.9. The number of carboxylic acids is 1. The van der Waals surface area contributed by atoms with Crippen LogP contribution in [-0.4, -0.2) is 29.0 Å². The molecule has 0 saturated carbocycles. The summed E-state index contributed by atoms with van der Waals surface area (Å²) in [7, 11) is -4.44. The van der Waals surface area contributed by atoms with E-state index in [0.717, 1.165) is 6.07 Å². The number of carbonyl (C=O) groups is 1. The van der Waals surface area contributed by atoms with E-state index in [0.29, 0.717) is 5.39 Å². The van der Waals surface area contributed by atoms with E-state index in [2.05, 4.69) is 4.98 Å². The molecule has 6 nitrogen and oxygen atoms in total. The van der Waals surface area contributed by atoms with Crippen LogP contribution in [0.25, 0.3) is 10.9 Å². The van der Waals surface area contributed by atoms with Gasteiger partial charge in [0, 0.05) is 11.6 Å². The van der Waals surface area contributed by atoms with Crippen molar-refractivity contribution in [2.45, 2.75) is 4.90 Å². The van der Waals surface area contributed by atoms with Gasteiger partial charge in [-0.3, -0.25) is 9.54 Å². The van der Waals surface area contributed by atoms with Crippen LogP contribution in [0.4, 0.5) is 0 Å². The minimum Gasteiger partial charge on any atom is -0.478 e. The summed E-state index contributed by atoms with van der Waals surface area (Å²) in [4.78, 5) is 14.4. The number of aromatic carboxylic acids is 1. The molecule has 1 aromatic carbocycles. The maximum Gasteiger partial charge on any atom is 0.337 e. The third-order valence-corrected chi connectivity index (χ3v) is 3.04. The van der Waals surface area contributed by atoms with Crippen LogP contribution in [0.1, 0.15) is 10.4 Å². The highest BCUT2D eigenvalue weighted by Crippen LogP contribution is 2.21. The third-order valence-electron chi connectivity index (χ3n) is 2.21. The van der Waals surface area contributed by atoms with Gasteiger partial charge in [0.25, 0.3) is 10.1 Å². The van der Waals surface area contributed by atoms with Crippen molar-refractivity contribution < 1.29 is 22.9 Å². The fourth-order valence-electron chi connectivity index (χ4n) is 1.48. The Morgan fingerprint density at radius 3 is 2.59 bits per heavy atom. The predicted molar refractivity (Wildman–Crippen MR) is 58.5 cm³/mol. The Labute approximate surface area is 96.3 Å². The molecular weight excluding hydrogens is 246 g/mol. The van der Waals surface area contributed by atoms with Crippen molar-refractivity contribution in [1.82, 2.24) is 4.98 Å². The lowest BCUT2D eigenvalue weighted by atomic mass is 10.1. The van der Waals surface area contributed by atoms with Gasteiger partial charge in [-0.1, -0.05) is 6.07 Å². The second-order valence-corrected chi connectivity index (χ2v) is 4.75. The van der Waals surface area contributed by atoms with Crippen LogP contribution in [-0.2, 0) is 10.1 Å². The molecule has 0 amide bonds. The highest BCUT2D eigenvalue weighted by atomic mass is 32.2. The van der Waals surface area contributed by atoms with Crippen molar-refractivity contribution in [3.63, 3.8) is 0 Å². The summed E-state index contributed by atoms with van der Waals surface area (Å²) in [5, 5.41) is 9.29. The summed E-state index contributed by atoms with van der Waals surface area (Å²) in [5.74, 6) is -1.31. The second-order valence-electron chi connectivity index (χ2n) is 3.33. The molecule has 0 aliphatic carbocycles. The van der Waals surface area contributed by atoms with E-state index in [-0.39, 0.29) is 11.1 Å². The Morgan fingerprint density at radius 2 is 2.00 bits per heavy atom. The van der Waals surface area contributed by atoms with Crippen molar-refractivity contribution in [3.8, 4) is 0 Å². The highest BCUT2D eigenvalue weighted by Gasteiger charge is 2.17. The fourth-order valence-corrected chi connectivity index (χ4v) is 2.02. The van der Waals surface area contributed by atoms with Crippen LogP contribution in [0.15, 0.2) is 35.4 Å². The quantitative estimate of drug-likeness (QED) is 0.778. The van der Waals surface area contributed by atoms with E-state index in [1.807, 2.05) is 0 Å². The summed E-state index contributed by atoms with van der Waals surface area (Å²) in [6.07, 6.45) is 1.40. The van der Waals surface area contributed by atoms with Gasteiger partial charge in [0.15, 0.2) is 0 Å². The second kappa shape index (κ2) is 3.79. The number of fused-ring (bicyclic) bond motifs is 1. The van der Waals surface area contributed by atoms with Gasteiger partial charge in [0.05, 0.1) is 16.0 Å². The average Bonchev–Trinajstić information content (AvgIpc) is 2.26. The largest absolute Gasteiger partial charge is 0.478 e. The average molecular weight is 253 g/mol. The minimum absolute atomic E-state index is 0.174. The summed E-state index contributed by atoms with van der Waals surface area (Å²) in [6.45, 7) is 0. The number of pyridine rings is 1. The molecule has 0 aliphatic rings. The van der Waals surface area contributed by atoms with E-state index in [4.69, 9.17) is 9.66 Å². The Morgan fingerprint density at radius 1 is 1.29 bits per heavy atom. The Bertz CT molecular complexity index is 708. The lowest BCUT2D eigenvalue weighted by Gasteiger charge is -2.04. The first kappa shape index (κ1) is 11.5. The zero-order valence-electron chi connectivity index (χ0n) is 8.36. The predicted octanol–water partition coefficient (Wildman–Crippen LogP) is 1.18. The van der Waals surface area contributed by atoms with Gasteiger partial charge in [-0.2, -0.15) is 8.42 Å². The van der Waals surface area contributed by atoms with Gasteiger partial charge < -0.3 is 5.11 Å². The van der Waals surface area contributed by atoms with E-state index >= 15 is 0 Å². The maximum atomic E-state index is 11.0. The number of benzene rings is 1. The van der Waals surface area contributed by atoms with Gasteiger partial charge in [0.1, 0.15) is 0 Å². The number of aromatic nitrogens is 1. The van der Waals surface area contributed by atoms with Gasteiger partial charge in [-0.25, -0.2) is 4.79 Å². The number of carboxylic acid groups (broad SMARTS) is 1. The Hall–Kier alpha value is -1.99. The molecule has 0 unspecified atom stereocenters. The van der Waals surface area contributed by atoms with E-state index < -0.39 is 21.0 Å². The van der Waals surface area contributed by atoms with Crippen LogP contribution in [0, 0.1) is 0 Å². The zero-order chi connectivity index (χ0) is 12.6. The van der Waals surface area contributed by atoms with Crippen LogP contribution in [0.5, 0.6) is 0 Å². The molecule has 0 spiro atoms. The first-order valence-corrected chi connectivity index (χ1v) is 5.93. The van der Waals surface area contributed by atoms with Crippen LogP contribution < -0.4 is 0 Å². The van der Waals surface area contributed by atoms with Gasteiger partial charge in [-0.05, 0) is 18.2 Å². The highest BCUT2D eigenvalue weighted by molar-refractivity contribution is 7.85. The standard InChI is InChI=1S/C10H7NO5S/c12-10(13)8-5-7(17(14,15)16)4-6-2-1-3-11-9(6)8/h1-5H,(H,12,13)(H,14,15,16). The van der Waals surface area contributed by atoms with Gasteiger partial charge in [-0.15, -0.1) is 0 Å². The van der Waals surface area contributed by atoms with Crippen molar-refractivity contribution in [2.75, 3.05) is 0 Å². The van der Waals surface area contributed by atoms with Crippen LogP contribution in [0.3, 0.4) is 0 Å². The monoisotopic (exact) mass is 253 g/mol. The number of hydrogen-bond donors (Lipinski definition) is 2. The van der Waals surface area contributed by atoms with Gasteiger partial charge >= 0.3 is 5.97 Å². The molecule has 0 atom stereocenters. The minimum atomic E-state index is -4.44. The first-order chi connectivity index (χ1) is 7.89. The summed E-state index contributed by atoms with van der Waals surface area (Å²) in [6, 6.07) is 5.11. The fraction of sp³-hybridized carbons (Fsp3) is 0. The molecular formula is C10H7NO5S. The van der Waals surface area contributed by atoms with E-state index in [9.17, 15) is 13.2 Å². The SMILES string of the molecule is O=C(O)c1cc(S(=O)(=O)O)cc2cccnc12. The molecule has 17 heavy (non-hydrogen) atoms. The number of hydrogen-bond acceptors (Lipinski definition) is 4. The van der Waals surface area contributed by atoms with Crippen molar-refractivity contribution in [3.05, 3.63) is 36.0 Å². The van der Waals surface area contributed by atoms with Crippen LogP contribution in [0.2, 0.25) is 0 Å². The molecule has 2 aromatic rings. The lowest BCUT2D eigenvalue weighted by Crippen LogP contribution is -2.04. The number of rotatable bonds is 2. The smallest absolute Gasteiger partial charge is 0.337 e. The van der Waals surface area contributed by atoms with Crippen molar-refractivity contribution in [1.29, 1.82) is 0 Å². The first-order valence-electron chi connectivity index (χ1n) is 4.49. The molecule has 1 heterocycles. The van der Waals surface area contributed by atoms with Crippen molar-refractivity contribution in [2.24, 2.45) is 0 Å². The van der Waals surface area contributed by atoms with Crippen LogP contribution >= 0.6 is 0 Å². The molecule has 2 rings (SSSR count). The van der Waals surface area contributed by atoms with E-state index in [1.54, 1.807) is 6.07 Å². The normalized spacial score (nSPS) is 11.6. The molecule has 7 heteroatoms. The molecule has 2 N–H and O–H groups in total. The molecule has 0 saturated heterocycles. The Balaban J connectivity index is 2.90. The molecule has 0 aliphatic heterocycles. The van der Waals surface area contributed by atoms with E-state index in [1.165, 1.54) is 18.3 Å². The molecule has 1 aromatic heterocycles. The molecule has 0 radical (unpaired) electrons. The molecule has 88 valence electrons. The third kappa shape index (κ3) is 2.10. The maximum absolute atomic E-state index is 11.0. The molecule has 0 fully saturated rings. The Kier molecular flexibility index (Phi) is 2.56. The number of nitrogens with zero attached hydrogens (tertiary/aromatic N) is 1. The summed E-state index contributed by atoms with van der Waals surface area (Å²) >= 11 is 0. The summed E-state index contributed by atoms with van der Waals surface area (Å²) in [5.41, 5.74) is -0.0943.